The number of carbonyl (C=O) groups is 1. The summed E-state index contributed by atoms with van der Waals surface area (Å²) in [5.74, 6) is -5.42. The number of carboxylic acid groups (broad SMARTS) is 1. The lowest BCUT2D eigenvalue weighted by Crippen LogP contribution is -2.68. The normalized spacial score (nSPS) is 13.9. The van der Waals surface area contributed by atoms with E-state index < -0.39 is 50.4 Å². The highest BCUT2D eigenvalue weighted by Crippen LogP contribution is 2.39. The van der Waals surface area contributed by atoms with Crippen molar-refractivity contribution in [2.24, 2.45) is 0 Å². The van der Waals surface area contributed by atoms with Crippen LogP contribution in [0.2, 0.25) is 5.04 Å². The molecule has 3 aromatic rings. The smallest absolute Gasteiger partial charge is 0.317 e. The predicted octanol–water partition coefficient (Wildman–Crippen LogP) is 4.78. The fourth-order valence-corrected chi connectivity index (χ4v) is 9.25. The molecule has 3 aromatic carbocycles. The predicted molar refractivity (Wildman–Crippen MR) is 133 cm³/mol. The lowest BCUT2D eigenvalue weighted by Gasteiger charge is -2.46. The maximum Gasteiger partial charge on any atom is 0.317 e. The summed E-state index contributed by atoms with van der Waals surface area (Å²) >= 11 is 0. The van der Waals surface area contributed by atoms with E-state index in [1.54, 1.807) is 6.92 Å². The third kappa shape index (κ3) is 5.66. The zero-order valence-corrected chi connectivity index (χ0v) is 21.2. The average Bonchev–Trinajstić information content (AvgIpc) is 2.81. The number of carboxylic acids is 1. The summed E-state index contributed by atoms with van der Waals surface area (Å²) in [6, 6.07) is 20.4. The lowest BCUT2D eigenvalue weighted by atomic mass is 10.0. The van der Waals surface area contributed by atoms with Crippen molar-refractivity contribution in [3.05, 3.63) is 95.8 Å². The van der Waals surface area contributed by atoms with Gasteiger partial charge in [0.2, 0.25) is 0 Å². The van der Waals surface area contributed by atoms with Crippen molar-refractivity contribution < 1.29 is 27.5 Å². The van der Waals surface area contributed by atoms with E-state index in [1.807, 2.05) is 60.7 Å². The number of aliphatic carboxylic acids is 1. The van der Waals surface area contributed by atoms with Crippen molar-refractivity contribution in [3.63, 3.8) is 0 Å². The van der Waals surface area contributed by atoms with Gasteiger partial charge in [0.25, 0.3) is 8.32 Å². The summed E-state index contributed by atoms with van der Waals surface area (Å²) in [5.41, 5.74) is 0.0630. The van der Waals surface area contributed by atoms with Crippen molar-refractivity contribution in [1.82, 2.24) is 5.32 Å². The van der Waals surface area contributed by atoms with Crippen molar-refractivity contribution in [2.45, 2.75) is 44.9 Å². The molecule has 0 heterocycles. The molecule has 0 aliphatic carbocycles. The standard InChI is InChI=1S/C27H30F3NO3Si/c1-18(26(31-17-24(32)33)19-15-22(28)25(30)23(29)16-19)34-35(27(2,3)4,20-11-7-5-8-12-20)21-13-9-6-10-14-21/h5-16,18,26,31H,17H2,1-4H3,(H,32,33)/t18-,26+/m1/s1. The zero-order chi connectivity index (χ0) is 25.8. The minimum Gasteiger partial charge on any atom is -0.480 e. The van der Waals surface area contributed by atoms with E-state index in [1.165, 1.54) is 0 Å². The molecule has 0 unspecified atom stereocenters. The summed E-state index contributed by atoms with van der Waals surface area (Å²) in [7, 11) is -3.05. The molecule has 0 saturated heterocycles. The Balaban J connectivity index is 2.16. The molecular formula is C27H30F3NO3Si. The molecule has 3 rings (SSSR count). The van der Waals surface area contributed by atoms with Crippen LogP contribution < -0.4 is 15.7 Å². The molecule has 0 amide bonds. The molecule has 0 aromatic heterocycles. The van der Waals surface area contributed by atoms with Crippen LogP contribution in [0.1, 0.15) is 39.3 Å². The Morgan fingerprint density at radius 3 is 1.80 bits per heavy atom. The Labute approximate surface area is 204 Å². The molecule has 0 aliphatic rings. The second kappa shape index (κ2) is 10.8. The van der Waals surface area contributed by atoms with E-state index in [2.05, 4.69) is 26.1 Å². The first-order chi connectivity index (χ1) is 16.5. The topological polar surface area (TPSA) is 58.6 Å². The fraction of sp³-hybridized carbons (Fsp3) is 0.296. The molecule has 8 heteroatoms. The summed E-state index contributed by atoms with van der Waals surface area (Å²) in [5, 5.41) is 13.7. The molecule has 0 spiro atoms. The van der Waals surface area contributed by atoms with Gasteiger partial charge in [0, 0.05) is 0 Å². The number of hydrogen-bond donors (Lipinski definition) is 2. The monoisotopic (exact) mass is 501 g/mol. The quantitative estimate of drug-likeness (QED) is 0.327. The summed E-state index contributed by atoms with van der Waals surface area (Å²) in [6.45, 7) is 7.52. The molecule has 2 atom stereocenters. The first kappa shape index (κ1) is 26.7. The maximum atomic E-state index is 14.1. The Morgan fingerprint density at radius 1 is 0.943 bits per heavy atom. The van der Waals surface area contributed by atoms with Crippen LogP contribution in [-0.4, -0.2) is 32.0 Å². The summed E-state index contributed by atoms with van der Waals surface area (Å²) < 4.78 is 48.9. The number of benzene rings is 3. The van der Waals surface area contributed by atoms with Gasteiger partial charge in [0.05, 0.1) is 18.7 Å². The van der Waals surface area contributed by atoms with Crippen LogP contribution in [0.15, 0.2) is 72.8 Å². The number of rotatable bonds is 9. The minimum absolute atomic E-state index is 0.0630. The largest absolute Gasteiger partial charge is 0.480 e. The van der Waals surface area contributed by atoms with Gasteiger partial charge in [-0.1, -0.05) is 81.4 Å². The van der Waals surface area contributed by atoms with Crippen LogP contribution >= 0.6 is 0 Å². The Morgan fingerprint density at radius 2 is 1.40 bits per heavy atom. The number of nitrogens with one attached hydrogen (secondary N) is 1. The summed E-state index contributed by atoms with van der Waals surface area (Å²) in [4.78, 5) is 11.3. The van der Waals surface area contributed by atoms with Crippen molar-refractivity contribution in [3.8, 4) is 0 Å². The highest BCUT2D eigenvalue weighted by Gasteiger charge is 2.51. The van der Waals surface area contributed by atoms with Crippen LogP contribution in [-0.2, 0) is 9.22 Å². The molecular weight excluding hydrogens is 471 g/mol. The average molecular weight is 502 g/mol. The molecule has 186 valence electrons. The number of halogens is 3. The highest BCUT2D eigenvalue weighted by atomic mass is 28.4. The van der Waals surface area contributed by atoms with Gasteiger partial charge in [0.15, 0.2) is 17.5 Å². The van der Waals surface area contributed by atoms with Crippen LogP contribution in [0.3, 0.4) is 0 Å². The molecule has 4 nitrogen and oxygen atoms in total. The van der Waals surface area contributed by atoms with Gasteiger partial charge in [-0.15, -0.1) is 0 Å². The lowest BCUT2D eigenvalue weighted by molar-refractivity contribution is -0.136. The second-order valence-corrected chi connectivity index (χ2v) is 13.8. The molecule has 35 heavy (non-hydrogen) atoms. The third-order valence-corrected chi connectivity index (χ3v) is 11.2. The summed E-state index contributed by atoms with van der Waals surface area (Å²) in [6.07, 6.45) is -0.732. The third-order valence-electron chi connectivity index (χ3n) is 6.09. The molecule has 0 radical (unpaired) electrons. The molecule has 0 bridgehead atoms. The minimum atomic E-state index is -3.05. The zero-order valence-electron chi connectivity index (χ0n) is 20.2. The van der Waals surface area contributed by atoms with Crippen LogP contribution in [0.4, 0.5) is 13.2 Å². The van der Waals surface area contributed by atoms with Gasteiger partial charge in [0.1, 0.15) is 0 Å². The number of hydrogen-bond acceptors (Lipinski definition) is 3. The molecule has 0 fully saturated rings. The van der Waals surface area contributed by atoms with E-state index in [4.69, 9.17) is 4.43 Å². The van der Waals surface area contributed by atoms with Crippen molar-refractivity contribution >= 4 is 24.7 Å². The van der Waals surface area contributed by atoms with Crippen LogP contribution in [0.5, 0.6) is 0 Å². The van der Waals surface area contributed by atoms with E-state index in [0.717, 1.165) is 22.5 Å². The van der Waals surface area contributed by atoms with E-state index in [-0.39, 0.29) is 10.6 Å². The first-order valence-electron chi connectivity index (χ1n) is 11.4. The highest BCUT2D eigenvalue weighted by molar-refractivity contribution is 6.99. The van der Waals surface area contributed by atoms with Crippen molar-refractivity contribution in [1.29, 1.82) is 0 Å². The van der Waals surface area contributed by atoms with Gasteiger partial charge in [-0.05, 0) is 40.0 Å². The second-order valence-electron chi connectivity index (χ2n) is 9.54. The Hall–Kier alpha value is -2.94. The van der Waals surface area contributed by atoms with Crippen LogP contribution in [0, 0.1) is 17.5 Å². The first-order valence-corrected chi connectivity index (χ1v) is 13.3. The van der Waals surface area contributed by atoms with Gasteiger partial charge >= 0.3 is 5.97 Å². The van der Waals surface area contributed by atoms with Gasteiger partial charge in [-0.25, -0.2) is 13.2 Å². The van der Waals surface area contributed by atoms with Crippen molar-refractivity contribution in [2.75, 3.05) is 6.54 Å². The molecule has 2 N–H and O–H groups in total. The SMILES string of the molecule is C[C@@H](O[Si](c1ccccc1)(c1ccccc1)C(C)(C)C)[C@H](NCC(=O)O)c1cc(F)c(F)c(F)c1. The molecule has 0 saturated carbocycles. The van der Waals surface area contributed by atoms with Gasteiger partial charge in [-0.2, -0.15) is 0 Å². The van der Waals surface area contributed by atoms with Gasteiger partial charge < -0.3 is 9.53 Å². The fourth-order valence-electron chi connectivity index (χ4n) is 4.54. The Bertz CT molecular complexity index is 1090. The van der Waals surface area contributed by atoms with Crippen LogP contribution in [0.25, 0.3) is 0 Å². The van der Waals surface area contributed by atoms with E-state index >= 15 is 0 Å². The van der Waals surface area contributed by atoms with Gasteiger partial charge in [-0.3, -0.25) is 10.1 Å². The molecule has 0 aliphatic heterocycles. The Kier molecular flexibility index (Phi) is 8.20. The van der Waals surface area contributed by atoms with E-state index in [0.29, 0.717) is 0 Å². The van der Waals surface area contributed by atoms with E-state index in [9.17, 15) is 23.1 Å². The maximum absolute atomic E-state index is 14.1.